The Morgan fingerprint density at radius 2 is 1.56 bits per heavy atom. The van der Waals surface area contributed by atoms with Crippen LogP contribution in [0.5, 0.6) is 0 Å². The van der Waals surface area contributed by atoms with Gasteiger partial charge in [0.25, 0.3) is 0 Å². The SMILES string of the molecule is CC(C)(C)C=C(Cl)Cl.[Ru]. The first-order valence-corrected chi connectivity index (χ1v) is 3.21. The Morgan fingerprint density at radius 3 is 1.56 bits per heavy atom. The van der Waals surface area contributed by atoms with Crippen LogP contribution >= 0.6 is 23.2 Å². The van der Waals surface area contributed by atoms with Gasteiger partial charge in [0, 0.05) is 19.5 Å². The number of hydrogen-bond donors (Lipinski definition) is 0. The van der Waals surface area contributed by atoms with Crippen LogP contribution in [-0.4, -0.2) is 0 Å². The molecule has 0 aliphatic rings. The summed E-state index contributed by atoms with van der Waals surface area (Å²) in [5.74, 6) is 0. The summed E-state index contributed by atoms with van der Waals surface area (Å²) >= 11 is 10.8. The molecule has 0 aromatic carbocycles. The van der Waals surface area contributed by atoms with Gasteiger partial charge in [-0.15, -0.1) is 0 Å². The summed E-state index contributed by atoms with van der Waals surface area (Å²) in [6, 6.07) is 0. The molecule has 0 aliphatic heterocycles. The zero-order chi connectivity index (χ0) is 6.78. The summed E-state index contributed by atoms with van der Waals surface area (Å²) < 4.78 is 0.345. The predicted octanol–water partition coefficient (Wildman–Crippen LogP) is 3.35. The smallest absolute Gasteiger partial charge is 0.0712 e. The molecule has 0 fully saturated rings. The molecule has 0 aromatic heterocycles. The Balaban J connectivity index is 0. The van der Waals surface area contributed by atoms with Crippen molar-refractivity contribution in [2.45, 2.75) is 20.8 Å². The average Bonchev–Trinajstić information content (AvgIpc) is 1.21. The second-order valence-electron chi connectivity index (χ2n) is 2.80. The first kappa shape index (κ1) is 12.6. The van der Waals surface area contributed by atoms with E-state index >= 15 is 0 Å². The van der Waals surface area contributed by atoms with Crippen molar-refractivity contribution in [2.75, 3.05) is 0 Å². The van der Waals surface area contributed by atoms with Crippen LogP contribution in [0.2, 0.25) is 0 Å². The largest absolute Gasteiger partial charge is 0.103 e. The van der Waals surface area contributed by atoms with Crippen molar-refractivity contribution in [2.24, 2.45) is 5.41 Å². The van der Waals surface area contributed by atoms with Gasteiger partial charge in [-0.2, -0.15) is 0 Å². The van der Waals surface area contributed by atoms with E-state index in [-0.39, 0.29) is 24.9 Å². The molecular formula is C6H10Cl2Ru. The quantitative estimate of drug-likeness (QED) is 0.581. The van der Waals surface area contributed by atoms with Crippen molar-refractivity contribution in [3.63, 3.8) is 0 Å². The minimum absolute atomic E-state index is 0. The third kappa shape index (κ3) is 12.2. The Kier molecular flexibility index (Phi) is 6.60. The second kappa shape index (κ2) is 4.71. The first-order chi connectivity index (χ1) is 3.42. The van der Waals surface area contributed by atoms with E-state index in [0.29, 0.717) is 4.49 Å². The van der Waals surface area contributed by atoms with Gasteiger partial charge in [-0.25, -0.2) is 0 Å². The number of halogens is 2. The molecule has 0 amide bonds. The molecule has 0 spiro atoms. The zero-order valence-corrected chi connectivity index (χ0v) is 8.94. The van der Waals surface area contributed by atoms with Crippen molar-refractivity contribution in [3.05, 3.63) is 10.6 Å². The van der Waals surface area contributed by atoms with Crippen LogP contribution in [0.15, 0.2) is 10.6 Å². The Bertz CT molecular complexity index is 98.1. The molecule has 0 unspecified atom stereocenters. The third-order valence-electron chi connectivity index (χ3n) is 0.542. The van der Waals surface area contributed by atoms with Gasteiger partial charge in [-0.1, -0.05) is 44.0 Å². The van der Waals surface area contributed by atoms with Gasteiger partial charge in [0.15, 0.2) is 0 Å². The Hall–Kier alpha value is 0.943. The maximum atomic E-state index is 5.39. The van der Waals surface area contributed by atoms with Crippen molar-refractivity contribution in [1.82, 2.24) is 0 Å². The van der Waals surface area contributed by atoms with E-state index in [1.807, 2.05) is 20.8 Å². The number of allylic oxidation sites excluding steroid dienone is 1. The van der Waals surface area contributed by atoms with Crippen LogP contribution in [0.1, 0.15) is 20.8 Å². The molecule has 0 saturated heterocycles. The van der Waals surface area contributed by atoms with Crippen LogP contribution in [0, 0.1) is 5.41 Å². The summed E-state index contributed by atoms with van der Waals surface area (Å²) in [6.45, 7) is 6.12. The van der Waals surface area contributed by atoms with Gasteiger partial charge < -0.3 is 0 Å². The van der Waals surface area contributed by atoms with Gasteiger partial charge in [-0.3, -0.25) is 0 Å². The fraction of sp³-hybridized carbons (Fsp3) is 0.667. The second-order valence-corrected chi connectivity index (χ2v) is 3.81. The van der Waals surface area contributed by atoms with Crippen LogP contribution in [0.4, 0.5) is 0 Å². The standard InChI is InChI=1S/C6H10Cl2.Ru/c1-6(2,3)4-5(7)8;/h4H,1-3H3;. The van der Waals surface area contributed by atoms with Crippen molar-refractivity contribution >= 4 is 23.2 Å². The molecule has 0 rings (SSSR count). The van der Waals surface area contributed by atoms with E-state index in [1.54, 1.807) is 6.08 Å². The monoisotopic (exact) mass is 254 g/mol. The van der Waals surface area contributed by atoms with Gasteiger partial charge in [0.05, 0.1) is 0 Å². The summed E-state index contributed by atoms with van der Waals surface area (Å²) in [5, 5.41) is 0. The maximum absolute atomic E-state index is 5.39. The van der Waals surface area contributed by atoms with E-state index in [2.05, 4.69) is 0 Å². The Labute approximate surface area is 79.4 Å². The minimum Gasteiger partial charge on any atom is -0.0712 e. The predicted molar refractivity (Wildman–Crippen MR) is 39.2 cm³/mol. The van der Waals surface area contributed by atoms with E-state index in [4.69, 9.17) is 23.2 Å². The van der Waals surface area contributed by atoms with E-state index < -0.39 is 0 Å². The molecule has 0 heterocycles. The molecule has 0 N–H and O–H groups in total. The summed E-state index contributed by atoms with van der Waals surface area (Å²) in [7, 11) is 0. The van der Waals surface area contributed by atoms with Crippen molar-refractivity contribution < 1.29 is 19.5 Å². The molecule has 0 aliphatic carbocycles. The molecule has 56 valence electrons. The molecular weight excluding hydrogens is 244 g/mol. The molecule has 0 saturated carbocycles. The molecule has 0 bridgehead atoms. The average molecular weight is 254 g/mol. The van der Waals surface area contributed by atoms with Crippen LogP contribution in [0.3, 0.4) is 0 Å². The first-order valence-electron chi connectivity index (χ1n) is 2.46. The summed E-state index contributed by atoms with van der Waals surface area (Å²) in [4.78, 5) is 0. The van der Waals surface area contributed by atoms with E-state index in [0.717, 1.165) is 0 Å². The van der Waals surface area contributed by atoms with Crippen molar-refractivity contribution in [1.29, 1.82) is 0 Å². The van der Waals surface area contributed by atoms with Crippen LogP contribution in [-0.2, 0) is 19.5 Å². The maximum Gasteiger partial charge on any atom is 0.103 e. The molecule has 9 heavy (non-hydrogen) atoms. The molecule has 0 radical (unpaired) electrons. The topological polar surface area (TPSA) is 0 Å². The fourth-order valence-electron chi connectivity index (χ4n) is 0.327. The fourth-order valence-corrected chi connectivity index (χ4v) is 0.982. The van der Waals surface area contributed by atoms with Crippen LogP contribution in [0.25, 0.3) is 0 Å². The molecule has 0 atom stereocenters. The van der Waals surface area contributed by atoms with Crippen molar-refractivity contribution in [3.8, 4) is 0 Å². The Morgan fingerprint density at radius 1 is 1.22 bits per heavy atom. The van der Waals surface area contributed by atoms with E-state index in [1.165, 1.54) is 0 Å². The summed E-state index contributed by atoms with van der Waals surface area (Å²) in [5.41, 5.74) is 0.0961. The molecule has 0 aromatic rings. The normalized spacial score (nSPS) is 9.89. The van der Waals surface area contributed by atoms with Gasteiger partial charge in [0.2, 0.25) is 0 Å². The van der Waals surface area contributed by atoms with Gasteiger partial charge in [0.1, 0.15) is 4.49 Å². The van der Waals surface area contributed by atoms with Crippen LogP contribution < -0.4 is 0 Å². The van der Waals surface area contributed by atoms with Gasteiger partial charge >= 0.3 is 0 Å². The van der Waals surface area contributed by atoms with E-state index in [9.17, 15) is 0 Å². The number of rotatable bonds is 0. The molecule has 3 heteroatoms. The van der Waals surface area contributed by atoms with Gasteiger partial charge in [-0.05, 0) is 11.5 Å². The summed E-state index contributed by atoms with van der Waals surface area (Å²) in [6.07, 6.45) is 1.80. The minimum atomic E-state index is 0. The third-order valence-corrected chi connectivity index (χ3v) is 0.760. The zero-order valence-electron chi connectivity index (χ0n) is 5.69. The molecule has 0 nitrogen and oxygen atoms in total. The number of hydrogen-bond acceptors (Lipinski definition) is 0.